The summed E-state index contributed by atoms with van der Waals surface area (Å²) in [5, 5.41) is 17.4. The molecule has 3 heterocycles. The molecule has 1 aliphatic rings. The van der Waals surface area contributed by atoms with Crippen LogP contribution in [0.5, 0.6) is 11.5 Å². The minimum Gasteiger partial charge on any atom is -0.490 e. The molecule has 1 unspecified atom stereocenters. The van der Waals surface area contributed by atoms with Crippen LogP contribution in [0.25, 0.3) is 23.2 Å². The number of nitrogens with zero attached hydrogens (tertiary/aromatic N) is 4. The van der Waals surface area contributed by atoms with Crippen molar-refractivity contribution in [3.8, 4) is 22.9 Å². The molecule has 36 heavy (non-hydrogen) atoms. The number of amides is 1. The van der Waals surface area contributed by atoms with Gasteiger partial charge in [0, 0.05) is 16.9 Å². The van der Waals surface area contributed by atoms with Gasteiger partial charge in [-0.15, -0.1) is 16.4 Å². The van der Waals surface area contributed by atoms with E-state index in [2.05, 4.69) is 34.7 Å². The quantitative estimate of drug-likeness (QED) is 0.355. The summed E-state index contributed by atoms with van der Waals surface area (Å²) >= 11 is 1.54. The maximum absolute atomic E-state index is 13.8. The predicted octanol–water partition coefficient (Wildman–Crippen LogP) is 5.07. The summed E-state index contributed by atoms with van der Waals surface area (Å²) in [5.74, 6) is 1.75. The van der Waals surface area contributed by atoms with Crippen molar-refractivity contribution in [1.82, 2.24) is 25.5 Å². The van der Waals surface area contributed by atoms with Crippen LogP contribution in [0.2, 0.25) is 0 Å². The first-order valence-electron chi connectivity index (χ1n) is 11.9. The Morgan fingerprint density at radius 1 is 1.06 bits per heavy atom. The molecule has 2 aromatic carbocycles. The van der Waals surface area contributed by atoms with E-state index >= 15 is 0 Å². The molecule has 0 fully saturated rings. The standard InChI is InChI=1S/C27H27N5O3S/c1-18(2)25(20-11-12-23-24(16-20)35-14-7-13-34-23)28-27(33)22(17-21-10-6-15-36-21)32-26(29-30-31-32)19-8-4-3-5-9-19/h3-6,8-12,15-18,25H,7,13-14H2,1-2H3,(H,28,33). The third-order valence-electron chi connectivity index (χ3n) is 5.87. The number of carbonyl (C=O) groups excluding carboxylic acids is 1. The Bertz CT molecular complexity index is 1350. The van der Waals surface area contributed by atoms with Gasteiger partial charge in [-0.2, -0.15) is 4.68 Å². The normalized spacial score (nSPS) is 14.4. The minimum atomic E-state index is -0.279. The lowest BCUT2D eigenvalue weighted by molar-refractivity contribution is -0.117. The molecule has 4 aromatic rings. The summed E-state index contributed by atoms with van der Waals surface area (Å²) < 4.78 is 13.2. The summed E-state index contributed by atoms with van der Waals surface area (Å²) in [4.78, 5) is 14.8. The summed E-state index contributed by atoms with van der Waals surface area (Å²) in [6.07, 6.45) is 2.65. The van der Waals surface area contributed by atoms with Gasteiger partial charge in [-0.3, -0.25) is 4.79 Å². The van der Waals surface area contributed by atoms with Gasteiger partial charge in [0.2, 0.25) is 0 Å². The molecule has 0 saturated heterocycles. The maximum Gasteiger partial charge on any atom is 0.270 e. The van der Waals surface area contributed by atoms with Crippen molar-refractivity contribution in [2.75, 3.05) is 13.2 Å². The first kappa shape index (κ1) is 23.7. The molecule has 2 aromatic heterocycles. The second-order valence-corrected chi connectivity index (χ2v) is 9.76. The average molecular weight is 502 g/mol. The molecule has 5 rings (SSSR count). The second-order valence-electron chi connectivity index (χ2n) is 8.78. The van der Waals surface area contributed by atoms with Crippen molar-refractivity contribution in [2.45, 2.75) is 26.3 Å². The number of fused-ring (bicyclic) bond motifs is 1. The van der Waals surface area contributed by atoms with Gasteiger partial charge in [-0.05, 0) is 51.6 Å². The minimum absolute atomic E-state index is 0.115. The number of hydrogen-bond acceptors (Lipinski definition) is 7. The Balaban J connectivity index is 1.50. The number of thiophene rings is 1. The lowest BCUT2D eigenvalue weighted by Crippen LogP contribution is -2.34. The highest BCUT2D eigenvalue weighted by Crippen LogP contribution is 2.34. The van der Waals surface area contributed by atoms with Crippen LogP contribution < -0.4 is 14.8 Å². The van der Waals surface area contributed by atoms with E-state index in [0.717, 1.165) is 28.2 Å². The zero-order chi connectivity index (χ0) is 24.9. The molecule has 1 amide bonds. The number of rotatable bonds is 7. The summed E-state index contributed by atoms with van der Waals surface area (Å²) in [7, 11) is 0. The lowest BCUT2D eigenvalue weighted by atomic mass is 9.95. The number of benzene rings is 2. The van der Waals surface area contributed by atoms with E-state index in [1.54, 1.807) is 0 Å². The van der Waals surface area contributed by atoms with E-state index < -0.39 is 0 Å². The Morgan fingerprint density at radius 3 is 2.61 bits per heavy atom. The molecule has 0 spiro atoms. The van der Waals surface area contributed by atoms with E-state index in [1.165, 1.54) is 16.0 Å². The van der Waals surface area contributed by atoms with E-state index in [9.17, 15) is 4.79 Å². The molecule has 184 valence electrons. The molecular weight excluding hydrogens is 474 g/mol. The zero-order valence-corrected chi connectivity index (χ0v) is 20.9. The average Bonchev–Trinajstić information content (AvgIpc) is 3.53. The zero-order valence-electron chi connectivity index (χ0n) is 20.1. The topological polar surface area (TPSA) is 91.2 Å². The van der Waals surface area contributed by atoms with Crippen LogP contribution in [0.15, 0.2) is 66.0 Å². The van der Waals surface area contributed by atoms with E-state index in [0.29, 0.717) is 30.5 Å². The largest absolute Gasteiger partial charge is 0.490 e. The van der Waals surface area contributed by atoms with Crippen molar-refractivity contribution in [3.05, 3.63) is 76.5 Å². The monoisotopic (exact) mass is 501 g/mol. The van der Waals surface area contributed by atoms with Crippen molar-refractivity contribution in [2.24, 2.45) is 5.92 Å². The summed E-state index contributed by atoms with van der Waals surface area (Å²) in [6, 6.07) is 19.1. The molecule has 0 aliphatic carbocycles. The van der Waals surface area contributed by atoms with Crippen LogP contribution in [0.4, 0.5) is 0 Å². The van der Waals surface area contributed by atoms with Gasteiger partial charge >= 0.3 is 0 Å². The van der Waals surface area contributed by atoms with Gasteiger partial charge in [-0.1, -0.05) is 56.3 Å². The fraction of sp³-hybridized carbons (Fsp3) is 0.259. The highest BCUT2D eigenvalue weighted by molar-refractivity contribution is 7.10. The number of nitrogens with one attached hydrogen (secondary N) is 1. The highest BCUT2D eigenvalue weighted by Gasteiger charge is 2.25. The maximum atomic E-state index is 13.8. The van der Waals surface area contributed by atoms with E-state index in [1.807, 2.05) is 72.1 Å². The van der Waals surface area contributed by atoms with Gasteiger partial charge in [-0.25, -0.2) is 0 Å². The van der Waals surface area contributed by atoms with E-state index in [-0.39, 0.29) is 17.9 Å². The van der Waals surface area contributed by atoms with Crippen molar-refractivity contribution < 1.29 is 14.3 Å². The fourth-order valence-corrected chi connectivity index (χ4v) is 4.72. The molecule has 0 saturated carbocycles. The Morgan fingerprint density at radius 2 is 1.86 bits per heavy atom. The number of aromatic nitrogens is 4. The van der Waals surface area contributed by atoms with Crippen molar-refractivity contribution in [3.63, 3.8) is 0 Å². The highest BCUT2D eigenvalue weighted by atomic mass is 32.1. The van der Waals surface area contributed by atoms with Gasteiger partial charge in [0.05, 0.1) is 19.3 Å². The van der Waals surface area contributed by atoms with Gasteiger partial charge < -0.3 is 14.8 Å². The molecular formula is C27H27N5O3S. The third kappa shape index (κ3) is 5.16. The Labute approximate surface area is 213 Å². The number of hydrogen-bond donors (Lipinski definition) is 1. The SMILES string of the molecule is CC(C)C(NC(=O)C(=Cc1cccs1)n1nnnc1-c1ccccc1)c1ccc2c(c1)OCCCO2. The first-order chi connectivity index (χ1) is 17.6. The summed E-state index contributed by atoms with van der Waals surface area (Å²) in [6.45, 7) is 5.37. The van der Waals surface area contributed by atoms with Gasteiger partial charge in [0.15, 0.2) is 17.3 Å². The van der Waals surface area contributed by atoms with Crippen LogP contribution in [-0.4, -0.2) is 39.3 Å². The van der Waals surface area contributed by atoms with Crippen LogP contribution in [0, 0.1) is 5.92 Å². The molecule has 8 nitrogen and oxygen atoms in total. The van der Waals surface area contributed by atoms with Gasteiger partial charge in [0.25, 0.3) is 5.91 Å². The molecule has 0 bridgehead atoms. The molecule has 1 atom stereocenters. The van der Waals surface area contributed by atoms with Gasteiger partial charge in [0.1, 0.15) is 5.70 Å². The molecule has 1 aliphatic heterocycles. The lowest BCUT2D eigenvalue weighted by Gasteiger charge is -2.24. The molecule has 9 heteroatoms. The van der Waals surface area contributed by atoms with Crippen LogP contribution >= 0.6 is 11.3 Å². The summed E-state index contributed by atoms with van der Waals surface area (Å²) in [5.41, 5.74) is 2.09. The number of tetrazole rings is 1. The number of ether oxygens (including phenoxy) is 2. The number of carbonyl (C=O) groups is 1. The smallest absolute Gasteiger partial charge is 0.270 e. The fourth-order valence-electron chi connectivity index (χ4n) is 4.07. The van der Waals surface area contributed by atoms with Crippen LogP contribution in [0.3, 0.4) is 0 Å². The first-order valence-corrected chi connectivity index (χ1v) is 12.8. The third-order valence-corrected chi connectivity index (χ3v) is 6.69. The molecule has 1 N–H and O–H groups in total. The van der Waals surface area contributed by atoms with E-state index in [4.69, 9.17) is 9.47 Å². The molecule has 0 radical (unpaired) electrons. The van der Waals surface area contributed by atoms with Crippen LogP contribution in [0.1, 0.15) is 36.8 Å². The van der Waals surface area contributed by atoms with Crippen molar-refractivity contribution >= 4 is 29.0 Å². The van der Waals surface area contributed by atoms with Crippen LogP contribution in [-0.2, 0) is 4.79 Å². The Hall–Kier alpha value is -3.98. The Kier molecular flexibility index (Phi) is 7.08. The van der Waals surface area contributed by atoms with Crippen molar-refractivity contribution in [1.29, 1.82) is 0 Å². The predicted molar refractivity (Wildman–Crippen MR) is 140 cm³/mol. The second kappa shape index (κ2) is 10.7.